The van der Waals surface area contributed by atoms with Crippen molar-refractivity contribution in [2.45, 2.75) is 104 Å². The minimum Gasteiger partial charge on any atom is -0.487 e. The van der Waals surface area contributed by atoms with Gasteiger partial charge in [-0.2, -0.15) is 0 Å². The first-order valence-corrected chi connectivity index (χ1v) is 13.2. The van der Waals surface area contributed by atoms with Crippen LogP contribution >= 0.6 is 0 Å². The van der Waals surface area contributed by atoms with Crippen LogP contribution in [0.4, 0.5) is 0 Å². The molecule has 0 bridgehead atoms. The molecular weight excluding hydrogens is 410 g/mol. The Morgan fingerprint density at radius 2 is 1.91 bits per heavy atom. The van der Waals surface area contributed by atoms with E-state index < -0.39 is 0 Å². The van der Waals surface area contributed by atoms with Crippen LogP contribution in [0.1, 0.15) is 104 Å². The summed E-state index contributed by atoms with van der Waals surface area (Å²) in [6, 6.07) is 4.33. The van der Waals surface area contributed by atoms with Crippen LogP contribution in [0.2, 0.25) is 0 Å². The molecule has 1 aromatic rings. The number of esters is 1. The van der Waals surface area contributed by atoms with Crippen LogP contribution in [0.15, 0.2) is 23.8 Å². The van der Waals surface area contributed by atoms with E-state index in [-0.39, 0.29) is 17.5 Å². The molecule has 0 aromatic heterocycles. The van der Waals surface area contributed by atoms with Gasteiger partial charge in [-0.25, -0.2) is 0 Å². The summed E-state index contributed by atoms with van der Waals surface area (Å²) in [5, 5.41) is 0. The fourth-order valence-corrected chi connectivity index (χ4v) is 5.53. The maximum atomic E-state index is 12.9. The average Bonchev–Trinajstić information content (AvgIpc) is 2.76. The third-order valence-corrected chi connectivity index (χ3v) is 7.55. The van der Waals surface area contributed by atoms with Crippen molar-refractivity contribution in [2.75, 3.05) is 19.6 Å². The second-order valence-electron chi connectivity index (χ2n) is 10.5. The highest BCUT2D eigenvalue weighted by atomic mass is 16.5. The number of carbonyl (C=O) groups is 1. The summed E-state index contributed by atoms with van der Waals surface area (Å²) in [5.41, 5.74) is 3.47. The first-order chi connectivity index (χ1) is 15.8. The zero-order chi connectivity index (χ0) is 24.0. The normalized spacial score (nSPS) is 21.1. The predicted octanol–water partition coefficient (Wildman–Crippen LogP) is 7.06. The molecule has 1 aromatic carbocycles. The third kappa shape index (κ3) is 6.41. The number of aryl methyl sites for hydroxylation is 1. The van der Waals surface area contributed by atoms with Crippen molar-refractivity contribution < 1.29 is 14.3 Å². The first-order valence-electron chi connectivity index (χ1n) is 13.2. The average molecular weight is 456 g/mol. The van der Waals surface area contributed by atoms with Crippen LogP contribution < -0.4 is 9.47 Å². The lowest BCUT2D eigenvalue weighted by Crippen LogP contribution is -2.45. The molecule has 4 heteroatoms. The van der Waals surface area contributed by atoms with Crippen molar-refractivity contribution in [1.29, 1.82) is 0 Å². The smallest absolute Gasteiger partial charge is 0.311 e. The zero-order valence-electron chi connectivity index (χ0n) is 21.8. The highest BCUT2D eigenvalue weighted by Crippen LogP contribution is 2.53. The van der Waals surface area contributed by atoms with Gasteiger partial charge in [0, 0.05) is 23.8 Å². The molecule has 2 atom stereocenters. The van der Waals surface area contributed by atoms with Crippen molar-refractivity contribution in [2.24, 2.45) is 5.92 Å². The van der Waals surface area contributed by atoms with E-state index in [9.17, 15) is 4.79 Å². The van der Waals surface area contributed by atoms with Gasteiger partial charge in [0.05, 0.1) is 0 Å². The van der Waals surface area contributed by atoms with E-state index in [0.29, 0.717) is 12.3 Å². The number of nitrogens with zero attached hydrogens (tertiary/aromatic N) is 1. The van der Waals surface area contributed by atoms with Gasteiger partial charge in [0.1, 0.15) is 17.1 Å². The maximum Gasteiger partial charge on any atom is 0.311 e. The standard InChI is InChI=1S/C29H45NO3/c1-7-10-11-13-22-19-25(32-27(31)14-12-17-30(8-2)9-3)28-23-18-21(4)15-16-24(23)29(5,6)33-26(28)20-22/h18-20,23-24H,7-17H2,1-6H3. The molecule has 1 heterocycles. The van der Waals surface area contributed by atoms with E-state index in [0.717, 1.165) is 68.8 Å². The molecule has 2 aliphatic rings. The number of ether oxygens (including phenoxy) is 2. The highest BCUT2D eigenvalue weighted by molar-refractivity contribution is 5.74. The zero-order valence-corrected chi connectivity index (χ0v) is 21.8. The largest absolute Gasteiger partial charge is 0.487 e. The molecule has 1 aliphatic carbocycles. The number of hydrogen-bond donors (Lipinski definition) is 0. The molecule has 33 heavy (non-hydrogen) atoms. The lowest BCUT2D eigenvalue weighted by molar-refractivity contribution is -0.134. The Hall–Kier alpha value is -1.81. The van der Waals surface area contributed by atoms with Gasteiger partial charge in [0.25, 0.3) is 0 Å². The predicted molar refractivity (Wildman–Crippen MR) is 136 cm³/mol. The van der Waals surface area contributed by atoms with Gasteiger partial charge in [0.15, 0.2) is 0 Å². The third-order valence-electron chi connectivity index (χ3n) is 7.55. The number of carbonyl (C=O) groups excluding carboxylic acids is 1. The van der Waals surface area contributed by atoms with Crippen molar-refractivity contribution in [1.82, 2.24) is 4.90 Å². The van der Waals surface area contributed by atoms with Crippen LogP contribution in [0, 0.1) is 5.92 Å². The van der Waals surface area contributed by atoms with Crippen molar-refractivity contribution in [3.05, 3.63) is 34.9 Å². The fraction of sp³-hybridized carbons (Fsp3) is 0.690. The maximum absolute atomic E-state index is 12.9. The second kappa shape index (κ2) is 11.6. The van der Waals surface area contributed by atoms with Crippen LogP contribution in [0.3, 0.4) is 0 Å². The van der Waals surface area contributed by atoms with Gasteiger partial charge >= 0.3 is 5.97 Å². The Bertz CT molecular complexity index is 838. The van der Waals surface area contributed by atoms with E-state index in [1.807, 2.05) is 0 Å². The summed E-state index contributed by atoms with van der Waals surface area (Å²) in [6.07, 6.45) is 10.4. The molecule has 3 rings (SSSR count). The summed E-state index contributed by atoms with van der Waals surface area (Å²) in [4.78, 5) is 15.2. The van der Waals surface area contributed by atoms with Crippen molar-refractivity contribution in [3.8, 4) is 11.5 Å². The molecule has 184 valence electrons. The number of hydrogen-bond acceptors (Lipinski definition) is 4. The lowest BCUT2D eigenvalue weighted by Gasteiger charge is -2.46. The summed E-state index contributed by atoms with van der Waals surface area (Å²) in [5.74, 6) is 2.13. The van der Waals surface area contributed by atoms with E-state index in [1.54, 1.807) is 0 Å². The molecule has 1 aliphatic heterocycles. The molecule has 0 saturated carbocycles. The van der Waals surface area contributed by atoms with Crippen molar-refractivity contribution >= 4 is 5.97 Å². The molecule has 0 radical (unpaired) electrons. The second-order valence-corrected chi connectivity index (χ2v) is 10.5. The Labute approximate surface area is 201 Å². The molecule has 0 fully saturated rings. The Morgan fingerprint density at radius 1 is 1.15 bits per heavy atom. The van der Waals surface area contributed by atoms with Gasteiger partial charge < -0.3 is 14.4 Å². The van der Waals surface area contributed by atoms with Gasteiger partial charge in [-0.15, -0.1) is 0 Å². The summed E-state index contributed by atoms with van der Waals surface area (Å²) in [7, 11) is 0. The number of fused-ring (bicyclic) bond motifs is 3. The Morgan fingerprint density at radius 3 is 2.61 bits per heavy atom. The Balaban J connectivity index is 1.88. The van der Waals surface area contributed by atoms with E-state index in [4.69, 9.17) is 9.47 Å². The molecule has 0 amide bonds. The highest BCUT2D eigenvalue weighted by Gasteiger charge is 2.45. The monoisotopic (exact) mass is 455 g/mol. The number of benzene rings is 1. The summed E-state index contributed by atoms with van der Waals surface area (Å²) < 4.78 is 12.7. The van der Waals surface area contributed by atoms with Gasteiger partial charge in [-0.1, -0.05) is 45.3 Å². The quantitative estimate of drug-likeness (QED) is 0.155. The van der Waals surface area contributed by atoms with Crippen molar-refractivity contribution in [3.63, 3.8) is 0 Å². The minimum absolute atomic E-state index is 0.132. The van der Waals surface area contributed by atoms with Crippen LogP contribution in [-0.2, 0) is 11.2 Å². The SMILES string of the molecule is CCCCCc1cc(OC(=O)CCCN(CC)CC)c2c(c1)OC(C)(C)C1CCC(C)=CC21. The van der Waals surface area contributed by atoms with Gasteiger partial charge in [0.2, 0.25) is 0 Å². The van der Waals surface area contributed by atoms with Crippen LogP contribution in [0.5, 0.6) is 11.5 Å². The van der Waals surface area contributed by atoms with Crippen LogP contribution in [-0.4, -0.2) is 36.1 Å². The Kier molecular flexibility index (Phi) is 9.03. The van der Waals surface area contributed by atoms with E-state index in [2.05, 4.69) is 64.7 Å². The minimum atomic E-state index is -0.234. The number of unbranched alkanes of at least 4 members (excludes halogenated alkanes) is 2. The van der Waals surface area contributed by atoms with Crippen LogP contribution in [0.25, 0.3) is 0 Å². The van der Waals surface area contributed by atoms with E-state index >= 15 is 0 Å². The molecule has 0 saturated heterocycles. The number of rotatable bonds is 11. The molecule has 0 spiro atoms. The topological polar surface area (TPSA) is 38.8 Å². The molecule has 2 unspecified atom stereocenters. The molecule has 0 N–H and O–H groups in total. The number of allylic oxidation sites excluding steroid dienone is 2. The lowest BCUT2D eigenvalue weighted by atomic mass is 9.68. The van der Waals surface area contributed by atoms with Gasteiger partial charge in [-0.3, -0.25) is 4.79 Å². The molecular formula is C29H45NO3. The van der Waals surface area contributed by atoms with E-state index in [1.165, 1.54) is 24.0 Å². The molecule has 4 nitrogen and oxygen atoms in total. The fourth-order valence-electron chi connectivity index (χ4n) is 5.53. The van der Waals surface area contributed by atoms with Gasteiger partial charge in [-0.05, 0) is 90.2 Å². The first kappa shape index (κ1) is 25.8. The summed E-state index contributed by atoms with van der Waals surface area (Å²) >= 11 is 0. The summed E-state index contributed by atoms with van der Waals surface area (Å²) in [6.45, 7) is 16.2.